The van der Waals surface area contributed by atoms with Crippen LogP contribution in [0.2, 0.25) is 0 Å². The minimum atomic E-state index is -0.279. The molecule has 0 saturated carbocycles. The number of amides is 2. The van der Waals surface area contributed by atoms with Gasteiger partial charge >= 0.3 is 0 Å². The number of nitrogens with zero attached hydrogens (tertiary/aromatic N) is 2. The first kappa shape index (κ1) is 21.7. The number of anilines is 2. The summed E-state index contributed by atoms with van der Waals surface area (Å²) in [6, 6.07) is 12.4. The number of aromatic nitrogens is 2. The van der Waals surface area contributed by atoms with Gasteiger partial charge in [0, 0.05) is 10.9 Å². The van der Waals surface area contributed by atoms with Crippen molar-refractivity contribution in [1.29, 1.82) is 0 Å². The maximum absolute atomic E-state index is 12.4. The molecule has 32 heavy (non-hydrogen) atoms. The molecule has 2 amide bonds. The van der Waals surface area contributed by atoms with E-state index in [1.165, 1.54) is 22.7 Å². The number of methoxy groups -OCH3 is 1. The first-order valence-electron chi connectivity index (χ1n) is 9.77. The van der Waals surface area contributed by atoms with Gasteiger partial charge in [-0.3, -0.25) is 14.9 Å². The zero-order valence-corrected chi connectivity index (χ0v) is 19.0. The smallest absolute Gasteiger partial charge is 0.257 e. The summed E-state index contributed by atoms with van der Waals surface area (Å²) in [5.74, 6) is 0.937. The first-order chi connectivity index (χ1) is 15.5. The molecule has 4 aromatic rings. The molecule has 164 valence electrons. The number of ether oxygens (including phenoxy) is 2. The summed E-state index contributed by atoms with van der Waals surface area (Å²) >= 11 is 2.65. The van der Waals surface area contributed by atoms with E-state index < -0.39 is 0 Å². The Morgan fingerprint density at radius 3 is 2.53 bits per heavy atom. The summed E-state index contributed by atoms with van der Waals surface area (Å²) in [5.41, 5.74) is 1.85. The number of fused-ring (bicyclic) bond motifs is 1. The number of carbonyl (C=O) groups excluding carboxylic acids is 2. The van der Waals surface area contributed by atoms with Crippen LogP contribution in [-0.2, 0) is 11.2 Å². The summed E-state index contributed by atoms with van der Waals surface area (Å²) in [4.78, 5) is 33.6. The Hall–Kier alpha value is -3.50. The van der Waals surface area contributed by atoms with Crippen LogP contribution < -0.4 is 20.1 Å². The molecule has 0 spiro atoms. The van der Waals surface area contributed by atoms with E-state index in [4.69, 9.17) is 9.47 Å². The van der Waals surface area contributed by atoms with Crippen molar-refractivity contribution in [3.63, 3.8) is 0 Å². The van der Waals surface area contributed by atoms with Crippen LogP contribution in [0.5, 0.6) is 11.5 Å². The fourth-order valence-electron chi connectivity index (χ4n) is 2.90. The number of carbonyl (C=O) groups is 2. The third-order valence-electron chi connectivity index (χ3n) is 4.38. The van der Waals surface area contributed by atoms with Gasteiger partial charge in [0.1, 0.15) is 11.5 Å². The van der Waals surface area contributed by atoms with Gasteiger partial charge in [-0.25, -0.2) is 9.97 Å². The van der Waals surface area contributed by atoms with E-state index in [1.807, 2.05) is 25.1 Å². The van der Waals surface area contributed by atoms with Crippen LogP contribution in [0.3, 0.4) is 0 Å². The average molecular weight is 469 g/mol. The van der Waals surface area contributed by atoms with Crippen molar-refractivity contribution < 1.29 is 19.1 Å². The van der Waals surface area contributed by atoms with Gasteiger partial charge < -0.3 is 14.8 Å². The molecule has 0 aliphatic heterocycles. The van der Waals surface area contributed by atoms with Gasteiger partial charge in [0.2, 0.25) is 5.91 Å². The fourth-order valence-corrected chi connectivity index (χ4v) is 4.52. The van der Waals surface area contributed by atoms with E-state index in [0.717, 1.165) is 16.0 Å². The number of nitrogens with one attached hydrogen (secondary N) is 2. The number of benzene rings is 2. The third-order valence-corrected chi connectivity index (χ3v) is 6.12. The van der Waals surface area contributed by atoms with E-state index in [9.17, 15) is 9.59 Å². The first-order valence-corrected chi connectivity index (χ1v) is 11.5. The molecule has 2 N–H and O–H groups in total. The Bertz CT molecular complexity index is 1250. The van der Waals surface area contributed by atoms with E-state index in [1.54, 1.807) is 36.8 Å². The molecule has 0 saturated heterocycles. The lowest BCUT2D eigenvalue weighted by Gasteiger charge is -2.03. The van der Waals surface area contributed by atoms with Gasteiger partial charge in [-0.1, -0.05) is 11.3 Å². The Morgan fingerprint density at radius 1 is 1.00 bits per heavy atom. The highest BCUT2D eigenvalue weighted by Crippen LogP contribution is 2.29. The summed E-state index contributed by atoms with van der Waals surface area (Å²) in [6.45, 7) is 2.51. The van der Waals surface area contributed by atoms with Crippen molar-refractivity contribution in [2.75, 3.05) is 24.4 Å². The van der Waals surface area contributed by atoms with Gasteiger partial charge in [0.15, 0.2) is 10.3 Å². The number of hydrogen-bond donors (Lipinski definition) is 2. The molecule has 2 aromatic heterocycles. The zero-order valence-electron chi connectivity index (χ0n) is 17.4. The summed E-state index contributed by atoms with van der Waals surface area (Å²) in [6.07, 6.45) is 0.0784. The molecule has 0 aliphatic rings. The molecule has 2 heterocycles. The number of thiazole rings is 2. The second-order valence-electron chi connectivity index (χ2n) is 6.63. The van der Waals surface area contributed by atoms with Gasteiger partial charge in [-0.2, -0.15) is 0 Å². The van der Waals surface area contributed by atoms with Crippen LogP contribution in [0.4, 0.5) is 10.3 Å². The van der Waals surface area contributed by atoms with Crippen molar-refractivity contribution in [2.45, 2.75) is 13.3 Å². The summed E-state index contributed by atoms with van der Waals surface area (Å²) in [7, 11) is 1.57. The van der Waals surface area contributed by atoms with Gasteiger partial charge in [-0.15, -0.1) is 11.3 Å². The maximum Gasteiger partial charge on any atom is 0.257 e. The SMILES string of the molecule is CCOc1ccc2nc(NC(=O)Cc3csc(NC(=O)c4ccc(OC)cc4)n3)sc2c1. The van der Waals surface area contributed by atoms with Crippen LogP contribution in [0, 0.1) is 0 Å². The predicted molar refractivity (Wildman–Crippen MR) is 126 cm³/mol. The fraction of sp³-hybridized carbons (Fsp3) is 0.182. The van der Waals surface area contributed by atoms with Gasteiger partial charge in [-0.05, 0) is 49.4 Å². The maximum atomic E-state index is 12.4. The second-order valence-corrected chi connectivity index (χ2v) is 8.52. The van der Waals surface area contributed by atoms with E-state index in [2.05, 4.69) is 20.6 Å². The lowest BCUT2D eigenvalue weighted by Crippen LogP contribution is -2.15. The second kappa shape index (κ2) is 9.75. The highest BCUT2D eigenvalue weighted by molar-refractivity contribution is 7.22. The van der Waals surface area contributed by atoms with Gasteiger partial charge in [0.25, 0.3) is 5.91 Å². The molecule has 0 aliphatic carbocycles. The molecular weight excluding hydrogens is 448 g/mol. The Balaban J connectivity index is 1.35. The molecule has 2 aromatic carbocycles. The van der Waals surface area contributed by atoms with E-state index in [-0.39, 0.29) is 18.2 Å². The lowest BCUT2D eigenvalue weighted by molar-refractivity contribution is -0.115. The highest BCUT2D eigenvalue weighted by atomic mass is 32.1. The van der Waals surface area contributed by atoms with Crippen LogP contribution in [-0.4, -0.2) is 35.5 Å². The molecule has 0 fully saturated rings. The van der Waals surface area contributed by atoms with E-state index in [0.29, 0.717) is 33.9 Å². The average Bonchev–Trinajstić information content (AvgIpc) is 3.39. The van der Waals surface area contributed by atoms with Crippen molar-refractivity contribution in [3.05, 3.63) is 59.1 Å². The number of rotatable bonds is 8. The molecular formula is C22H20N4O4S2. The van der Waals surface area contributed by atoms with Crippen LogP contribution in [0.25, 0.3) is 10.2 Å². The van der Waals surface area contributed by atoms with Crippen molar-refractivity contribution >= 4 is 55.0 Å². The molecule has 0 atom stereocenters. The highest BCUT2D eigenvalue weighted by Gasteiger charge is 2.13. The van der Waals surface area contributed by atoms with Crippen LogP contribution >= 0.6 is 22.7 Å². The van der Waals surface area contributed by atoms with Crippen molar-refractivity contribution in [1.82, 2.24) is 9.97 Å². The van der Waals surface area contributed by atoms with Crippen molar-refractivity contribution in [2.24, 2.45) is 0 Å². The topological polar surface area (TPSA) is 102 Å². The molecule has 0 radical (unpaired) electrons. The predicted octanol–water partition coefficient (Wildman–Crippen LogP) is 4.59. The zero-order chi connectivity index (χ0) is 22.5. The van der Waals surface area contributed by atoms with Gasteiger partial charge in [0.05, 0.1) is 36.0 Å². The molecule has 0 unspecified atom stereocenters. The van der Waals surface area contributed by atoms with Crippen LogP contribution in [0.15, 0.2) is 47.8 Å². The largest absolute Gasteiger partial charge is 0.497 e. The standard InChI is InChI=1S/C22H20N4O4S2/c1-3-30-16-8-9-17-18(11-16)32-22(24-17)25-19(27)10-14-12-31-21(23-14)26-20(28)13-4-6-15(29-2)7-5-13/h4-9,11-12H,3,10H2,1-2H3,(H,23,26,28)(H,24,25,27). The Morgan fingerprint density at radius 2 is 1.78 bits per heavy atom. The summed E-state index contributed by atoms with van der Waals surface area (Å²) < 4.78 is 11.5. The number of hydrogen-bond acceptors (Lipinski definition) is 8. The molecule has 8 nitrogen and oxygen atoms in total. The Kier molecular flexibility index (Phi) is 6.62. The lowest BCUT2D eigenvalue weighted by atomic mass is 10.2. The molecule has 4 rings (SSSR count). The molecule has 10 heteroatoms. The van der Waals surface area contributed by atoms with Crippen LogP contribution in [0.1, 0.15) is 23.0 Å². The van der Waals surface area contributed by atoms with Crippen molar-refractivity contribution in [3.8, 4) is 11.5 Å². The molecule has 0 bridgehead atoms. The normalized spacial score (nSPS) is 10.7. The quantitative estimate of drug-likeness (QED) is 0.392. The monoisotopic (exact) mass is 468 g/mol. The minimum Gasteiger partial charge on any atom is -0.497 e. The van der Waals surface area contributed by atoms with E-state index >= 15 is 0 Å². The minimum absolute atomic E-state index is 0.0784. The Labute approximate surface area is 192 Å². The third kappa shape index (κ3) is 5.21. The summed E-state index contributed by atoms with van der Waals surface area (Å²) in [5, 5.41) is 8.25.